The Labute approximate surface area is 159 Å². The average Bonchev–Trinajstić information content (AvgIpc) is 2.63. The summed E-state index contributed by atoms with van der Waals surface area (Å²) in [6.45, 7) is -2.57. The van der Waals surface area contributed by atoms with Gasteiger partial charge in [-0.1, -0.05) is 12.1 Å². The van der Waals surface area contributed by atoms with Crippen LogP contribution in [0.3, 0.4) is 0 Å². The molecule has 2 aromatic carbocycles. The number of hydrogen-bond donors (Lipinski definition) is 1. The summed E-state index contributed by atoms with van der Waals surface area (Å²) >= 11 is 1.65. The monoisotopic (exact) mass is 396 g/mol. The SMILES string of the molecule is CN(Cc1ccc(OC(F)F)cc1)C(=O)NC1CCSc2ccc(F)cc21. The average molecular weight is 396 g/mol. The first-order valence-electron chi connectivity index (χ1n) is 8.40. The predicted octanol–water partition coefficient (Wildman–Crippen LogP) is 4.81. The summed E-state index contributed by atoms with van der Waals surface area (Å²) in [6, 6.07) is 10.2. The number of thioether (sulfide) groups is 1. The Balaban J connectivity index is 1.61. The molecule has 0 spiro atoms. The van der Waals surface area contributed by atoms with Crippen LogP contribution < -0.4 is 10.1 Å². The fraction of sp³-hybridized carbons (Fsp3) is 0.316. The molecule has 2 aromatic rings. The molecule has 2 amide bonds. The largest absolute Gasteiger partial charge is 0.435 e. The lowest BCUT2D eigenvalue weighted by Crippen LogP contribution is -2.39. The van der Waals surface area contributed by atoms with E-state index in [2.05, 4.69) is 10.1 Å². The van der Waals surface area contributed by atoms with Gasteiger partial charge in [0.1, 0.15) is 11.6 Å². The number of fused-ring (bicyclic) bond motifs is 1. The van der Waals surface area contributed by atoms with Crippen LogP contribution in [0.2, 0.25) is 0 Å². The number of amides is 2. The van der Waals surface area contributed by atoms with E-state index >= 15 is 0 Å². The quantitative estimate of drug-likeness (QED) is 0.789. The molecule has 0 aliphatic carbocycles. The van der Waals surface area contributed by atoms with Gasteiger partial charge in [0.05, 0.1) is 6.04 Å². The van der Waals surface area contributed by atoms with Gasteiger partial charge < -0.3 is 15.0 Å². The van der Waals surface area contributed by atoms with Gasteiger partial charge in [0, 0.05) is 24.2 Å². The number of benzene rings is 2. The number of halogens is 3. The fourth-order valence-electron chi connectivity index (χ4n) is 2.90. The molecule has 1 heterocycles. The Kier molecular flexibility index (Phi) is 6.15. The first-order valence-corrected chi connectivity index (χ1v) is 9.38. The number of rotatable bonds is 5. The van der Waals surface area contributed by atoms with Crippen LogP contribution in [0.15, 0.2) is 47.4 Å². The molecule has 1 aliphatic heterocycles. The maximum absolute atomic E-state index is 13.6. The van der Waals surface area contributed by atoms with Crippen LogP contribution in [0, 0.1) is 5.82 Å². The van der Waals surface area contributed by atoms with Crippen LogP contribution in [-0.2, 0) is 6.54 Å². The molecule has 1 aliphatic rings. The highest BCUT2D eigenvalue weighted by atomic mass is 32.2. The second kappa shape index (κ2) is 8.56. The third-order valence-corrected chi connectivity index (χ3v) is 5.35. The molecule has 8 heteroatoms. The number of nitrogens with one attached hydrogen (secondary N) is 1. The van der Waals surface area contributed by atoms with Gasteiger partial charge in [0.2, 0.25) is 0 Å². The molecule has 0 radical (unpaired) electrons. The predicted molar refractivity (Wildman–Crippen MR) is 97.6 cm³/mol. The number of hydrogen-bond acceptors (Lipinski definition) is 3. The van der Waals surface area contributed by atoms with Crippen molar-refractivity contribution in [2.24, 2.45) is 0 Å². The van der Waals surface area contributed by atoms with Crippen molar-refractivity contribution in [2.75, 3.05) is 12.8 Å². The first-order chi connectivity index (χ1) is 12.9. The zero-order chi connectivity index (χ0) is 19.4. The van der Waals surface area contributed by atoms with Crippen molar-refractivity contribution >= 4 is 17.8 Å². The van der Waals surface area contributed by atoms with Crippen molar-refractivity contribution in [1.82, 2.24) is 10.2 Å². The highest BCUT2D eigenvalue weighted by Crippen LogP contribution is 2.36. The molecule has 0 saturated carbocycles. The van der Waals surface area contributed by atoms with Gasteiger partial charge in [0.15, 0.2) is 0 Å². The van der Waals surface area contributed by atoms with Crippen molar-refractivity contribution in [3.8, 4) is 5.75 Å². The summed E-state index contributed by atoms with van der Waals surface area (Å²) in [5.41, 5.74) is 1.57. The molecule has 144 valence electrons. The van der Waals surface area contributed by atoms with E-state index in [1.165, 1.54) is 29.2 Å². The smallest absolute Gasteiger partial charge is 0.387 e. The molecule has 1 atom stereocenters. The Morgan fingerprint density at radius 1 is 1.30 bits per heavy atom. The van der Waals surface area contributed by atoms with Crippen LogP contribution in [-0.4, -0.2) is 30.3 Å². The van der Waals surface area contributed by atoms with Gasteiger partial charge in [-0.15, -0.1) is 11.8 Å². The third kappa shape index (κ3) is 5.09. The van der Waals surface area contributed by atoms with E-state index in [1.807, 2.05) is 0 Å². The standard InChI is InChI=1S/C19H19F3N2O2S/c1-24(11-12-2-5-14(6-3-12)26-18(21)22)19(25)23-16-8-9-27-17-7-4-13(20)10-15(16)17/h2-7,10,16,18H,8-9,11H2,1H3,(H,23,25). The van der Waals surface area contributed by atoms with Crippen LogP contribution in [0.4, 0.5) is 18.0 Å². The lowest BCUT2D eigenvalue weighted by Gasteiger charge is -2.28. The number of nitrogens with zero attached hydrogens (tertiary/aromatic N) is 1. The second-order valence-corrected chi connectivity index (χ2v) is 7.34. The maximum Gasteiger partial charge on any atom is 0.387 e. The first kappa shape index (κ1) is 19.4. The van der Waals surface area contributed by atoms with E-state index < -0.39 is 6.61 Å². The van der Waals surface area contributed by atoms with Crippen LogP contribution in [0.1, 0.15) is 23.6 Å². The topological polar surface area (TPSA) is 41.6 Å². The molecule has 0 fully saturated rings. The third-order valence-electron chi connectivity index (χ3n) is 4.22. The molecular formula is C19H19F3N2O2S. The molecule has 1 N–H and O–H groups in total. The van der Waals surface area contributed by atoms with Gasteiger partial charge in [-0.2, -0.15) is 8.78 Å². The molecule has 1 unspecified atom stereocenters. The summed E-state index contributed by atoms with van der Waals surface area (Å²) < 4.78 is 42.2. The summed E-state index contributed by atoms with van der Waals surface area (Å²) in [7, 11) is 1.64. The minimum atomic E-state index is -2.87. The molecule has 0 saturated heterocycles. The van der Waals surface area contributed by atoms with Crippen molar-refractivity contribution < 1.29 is 22.7 Å². The normalized spacial score (nSPS) is 16.0. The molecule has 27 heavy (non-hydrogen) atoms. The van der Waals surface area contributed by atoms with Crippen molar-refractivity contribution in [3.63, 3.8) is 0 Å². The zero-order valence-corrected chi connectivity index (χ0v) is 15.4. The van der Waals surface area contributed by atoms with Crippen molar-refractivity contribution in [1.29, 1.82) is 0 Å². The van der Waals surface area contributed by atoms with E-state index in [4.69, 9.17) is 0 Å². The summed E-state index contributed by atoms with van der Waals surface area (Å²) in [5, 5.41) is 2.94. The van der Waals surface area contributed by atoms with Crippen LogP contribution >= 0.6 is 11.8 Å². The molecule has 4 nitrogen and oxygen atoms in total. The number of carbonyl (C=O) groups is 1. The number of alkyl halides is 2. The van der Waals surface area contributed by atoms with Gasteiger partial charge in [-0.3, -0.25) is 0 Å². The van der Waals surface area contributed by atoms with E-state index in [9.17, 15) is 18.0 Å². The molecule has 0 bridgehead atoms. The van der Waals surface area contributed by atoms with E-state index in [1.54, 1.807) is 37.0 Å². The Bertz CT molecular complexity index is 802. The number of urea groups is 1. The van der Waals surface area contributed by atoms with Gasteiger partial charge in [-0.05, 0) is 47.9 Å². The Morgan fingerprint density at radius 3 is 2.74 bits per heavy atom. The zero-order valence-electron chi connectivity index (χ0n) is 14.6. The highest BCUT2D eigenvalue weighted by molar-refractivity contribution is 7.99. The summed E-state index contributed by atoms with van der Waals surface area (Å²) in [6.07, 6.45) is 0.723. The van der Waals surface area contributed by atoms with E-state index in [-0.39, 0.29) is 23.6 Å². The van der Waals surface area contributed by atoms with Gasteiger partial charge in [0.25, 0.3) is 0 Å². The Hall–Kier alpha value is -2.35. The van der Waals surface area contributed by atoms with E-state index in [0.29, 0.717) is 6.54 Å². The van der Waals surface area contributed by atoms with Crippen molar-refractivity contribution in [2.45, 2.75) is 30.5 Å². The molecule has 0 aromatic heterocycles. The van der Waals surface area contributed by atoms with Gasteiger partial charge >= 0.3 is 12.6 Å². The lowest BCUT2D eigenvalue weighted by atomic mass is 10.0. The van der Waals surface area contributed by atoms with Crippen LogP contribution in [0.25, 0.3) is 0 Å². The minimum absolute atomic E-state index is 0.0687. The second-order valence-electron chi connectivity index (χ2n) is 6.20. The summed E-state index contributed by atoms with van der Waals surface area (Å²) in [5.74, 6) is 0.591. The van der Waals surface area contributed by atoms with Gasteiger partial charge in [-0.25, -0.2) is 9.18 Å². The maximum atomic E-state index is 13.6. The van der Waals surface area contributed by atoms with Crippen molar-refractivity contribution in [3.05, 3.63) is 59.4 Å². The number of carbonyl (C=O) groups excluding carboxylic acids is 1. The Morgan fingerprint density at radius 2 is 2.04 bits per heavy atom. The minimum Gasteiger partial charge on any atom is -0.435 e. The highest BCUT2D eigenvalue weighted by Gasteiger charge is 2.24. The lowest BCUT2D eigenvalue weighted by molar-refractivity contribution is -0.0498. The van der Waals surface area contributed by atoms with Crippen LogP contribution in [0.5, 0.6) is 5.75 Å². The molecular weight excluding hydrogens is 377 g/mol. The summed E-state index contributed by atoms with van der Waals surface area (Å²) in [4.78, 5) is 15.0. The van der Waals surface area contributed by atoms with E-state index in [0.717, 1.165) is 28.2 Å². The fourth-order valence-corrected chi connectivity index (χ4v) is 4.00. The number of ether oxygens (including phenoxy) is 1. The molecule has 3 rings (SSSR count).